The molecule has 64 heavy (non-hydrogen) atoms. The first-order chi connectivity index (χ1) is 31.8. The van der Waals surface area contributed by atoms with Gasteiger partial charge < -0.3 is 9.80 Å². The molecule has 0 bridgehead atoms. The Balaban J connectivity index is 1.02. The molecular weight excluding hydrogens is 773 g/mol. The van der Waals surface area contributed by atoms with Crippen LogP contribution < -0.4 is 9.80 Å². The van der Waals surface area contributed by atoms with Crippen LogP contribution in [-0.4, -0.2) is 0 Å². The van der Waals surface area contributed by atoms with Gasteiger partial charge in [0.2, 0.25) is 0 Å². The summed E-state index contributed by atoms with van der Waals surface area (Å²) in [5.74, 6) is 0. The molecule has 2 heteroatoms. The Morgan fingerprint density at radius 2 is 0.422 bits per heavy atom. The zero-order valence-electron chi connectivity index (χ0n) is 35.1. The third-order valence-corrected chi connectivity index (χ3v) is 12.8. The molecule has 2 nitrogen and oxygen atoms in total. The van der Waals surface area contributed by atoms with Gasteiger partial charge in [-0.2, -0.15) is 0 Å². The fourth-order valence-corrected chi connectivity index (χ4v) is 9.84. The third-order valence-electron chi connectivity index (χ3n) is 12.8. The van der Waals surface area contributed by atoms with Crippen LogP contribution >= 0.6 is 0 Å². The van der Waals surface area contributed by atoms with Crippen LogP contribution in [0.25, 0.3) is 76.1 Å². The van der Waals surface area contributed by atoms with Gasteiger partial charge in [-0.1, -0.05) is 170 Å². The van der Waals surface area contributed by atoms with E-state index < -0.39 is 0 Å². The third kappa shape index (κ3) is 6.44. The molecule has 0 saturated heterocycles. The van der Waals surface area contributed by atoms with Gasteiger partial charge in [-0.15, -0.1) is 0 Å². The van der Waals surface area contributed by atoms with Gasteiger partial charge in [-0.05, 0) is 161 Å². The topological polar surface area (TPSA) is 6.48 Å². The van der Waals surface area contributed by atoms with Crippen molar-refractivity contribution in [1.82, 2.24) is 0 Å². The van der Waals surface area contributed by atoms with Crippen molar-refractivity contribution in [2.45, 2.75) is 0 Å². The molecule has 0 saturated carbocycles. The Bertz CT molecular complexity index is 3300. The number of nitrogens with zero attached hydrogens (tertiary/aromatic N) is 2. The van der Waals surface area contributed by atoms with Crippen LogP contribution in [0, 0.1) is 0 Å². The highest BCUT2D eigenvalue weighted by Crippen LogP contribution is 2.46. The maximum atomic E-state index is 2.43. The number of anilines is 6. The standard InChI is InChI=1S/C62H42N2/c1-5-17-47(18-6-1)63(48-19-7-2-8-20-48)51-35-29-43(30-36-51)45-33-39-55-53-25-13-16-28-58(53)62-60-42-46(34-40-56(60)54-26-14-15-27-57(54)61(62)59(55)41-45)44-31-37-52(38-32-44)64(49-21-9-3-10-22-49)50-23-11-4-12-24-50/h1-42H. The second-order valence-corrected chi connectivity index (χ2v) is 16.5. The Morgan fingerprint density at radius 1 is 0.172 bits per heavy atom. The first-order valence-corrected chi connectivity index (χ1v) is 22.0. The van der Waals surface area contributed by atoms with Crippen LogP contribution in [0.1, 0.15) is 0 Å². The second kappa shape index (κ2) is 15.8. The van der Waals surface area contributed by atoms with E-state index in [0.29, 0.717) is 0 Å². The van der Waals surface area contributed by atoms with Crippen LogP contribution in [0.4, 0.5) is 34.1 Å². The van der Waals surface area contributed by atoms with E-state index in [1.54, 1.807) is 0 Å². The summed E-state index contributed by atoms with van der Waals surface area (Å²) in [4.78, 5) is 4.63. The van der Waals surface area contributed by atoms with Crippen LogP contribution in [-0.2, 0) is 0 Å². The number of hydrogen-bond donors (Lipinski definition) is 0. The Hall–Kier alpha value is -8.46. The lowest BCUT2D eigenvalue weighted by Gasteiger charge is -2.25. The quantitative estimate of drug-likeness (QED) is 0.141. The lowest BCUT2D eigenvalue weighted by atomic mass is 9.85. The van der Waals surface area contributed by atoms with Crippen molar-refractivity contribution >= 4 is 88.0 Å². The SMILES string of the molecule is c1ccc(N(c2ccccc2)c2ccc(-c3ccc4c5ccccc5c5c6cc(-c7ccc(N(c8ccccc8)c8ccccc8)cc7)ccc6c6ccccc6c5c4c3)cc2)cc1. The summed E-state index contributed by atoms with van der Waals surface area (Å²) < 4.78 is 0. The molecule has 12 aromatic carbocycles. The molecule has 12 aromatic rings. The monoisotopic (exact) mass is 814 g/mol. The molecule has 0 N–H and O–H groups in total. The maximum Gasteiger partial charge on any atom is 0.0462 e. The van der Waals surface area contributed by atoms with Crippen molar-refractivity contribution in [3.63, 3.8) is 0 Å². The summed E-state index contributed by atoms with van der Waals surface area (Å²) in [5.41, 5.74) is 11.5. The van der Waals surface area contributed by atoms with Gasteiger partial charge in [0.25, 0.3) is 0 Å². The molecule has 0 heterocycles. The highest BCUT2D eigenvalue weighted by molar-refractivity contribution is 6.39. The highest BCUT2D eigenvalue weighted by Gasteiger charge is 2.19. The molecule has 0 aliphatic rings. The van der Waals surface area contributed by atoms with E-state index in [1.165, 1.54) is 76.1 Å². The van der Waals surface area contributed by atoms with E-state index in [0.717, 1.165) is 34.1 Å². The van der Waals surface area contributed by atoms with E-state index in [4.69, 9.17) is 0 Å². The summed E-state index contributed by atoms with van der Waals surface area (Å²) in [6.07, 6.45) is 0. The molecule has 12 rings (SSSR count). The molecule has 0 aliphatic carbocycles. The number of benzene rings is 12. The Kier molecular flexibility index (Phi) is 9.20. The molecule has 300 valence electrons. The van der Waals surface area contributed by atoms with Crippen molar-refractivity contribution < 1.29 is 0 Å². The van der Waals surface area contributed by atoms with Gasteiger partial charge in [0.1, 0.15) is 0 Å². The molecule has 0 aromatic heterocycles. The van der Waals surface area contributed by atoms with Crippen LogP contribution in [0.2, 0.25) is 0 Å². The minimum Gasteiger partial charge on any atom is -0.311 e. The summed E-state index contributed by atoms with van der Waals surface area (Å²) in [6.45, 7) is 0. The van der Waals surface area contributed by atoms with E-state index >= 15 is 0 Å². The summed E-state index contributed by atoms with van der Waals surface area (Å²) >= 11 is 0. The molecule has 0 aliphatic heterocycles. The fraction of sp³-hybridized carbons (Fsp3) is 0. The minimum atomic E-state index is 1.12. The van der Waals surface area contributed by atoms with Crippen LogP contribution in [0.3, 0.4) is 0 Å². The van der Waals surface area contributed by atoms with Crippen molar-refractivity contribution in [3.8, 4) is 22.3 Å². The smallest absolute Gasteiger partial charge is 0.0462 e. The molecule has 0 unspecified atom stereocenters. The van der Waals surface area contributed by atoms with Gasteiger partial charge in [-0.3, -0.25) is 0 Å². The van der Waals surface area contributed by atoms with Gasteiger partial charge in [0.15, 0.2) is 0 Å². The van der Waals surface area contributed by atoms with Gasteiger partial charge in [0, 0.05) is 34.1 Å². The lowest BCUT2D eigenvalue weighted by Crippen LogP contribution is -2.09. The number of hydrogen-bond acceptors (Lipinski definition) is 2. The normalized spacial score (nSPS) is 11.4. The van der Waals surface area contributed by atoms with E-state index in [1.807, 2.05) is 0 Å². The molecule has 0 spiro atoms. The number of rotatable bonds is 8. The van der Waals surface area contributed by atoms with Crippen molar-refractivity contribution in [3.05, 3.63) is 255 Å². The summed E-state index contributed by atoms with van der Waals surface area (Å²) in [7, 11) is 0. The average Bonchev–Trinajstić information content (AvgIpc) is 3.38. The predicted octanol–water partition coefficient (Wildman–Crippen LogP) is 17.7. The number of para-hydroxylation sites is 4. The maximum absolute atomic E-state index is 2.43. The summed E-state index contributed by atoms with van der Waals surface area (Å²) in [5, 5.41) is 12.7. The molecule has 0 amide bonds. The van der Waals surface area contributed by atoms with E-state index in [2.05, 4.69) is 265 Å². The fourth-order valence-electron chi connectivity index (χ4n) is 9.84. The van der Waals surface area contributed by atoms with Gasteiger partial charge in [-0.25, -0.2) is 0 Å². The average molecular weight is 815 g/mol. The minimum absolute atomic E-state index is 1.12. The van der Waals surface area contributed by atoms with Gasteiger partial charge >= 0.3 is 0 Å². The molecule has 0 radical (unpaired) electrons. The van der Waals surface area contributed by atoms with Crippen molar-refractivity contribution in [1.29, 1.82) is 0 Å². The van der Waals surface area contributed by atoms with Crippen molar-refractivity contribution in [2.75, 3.05) is 9.80 Å². The Morgan fingerprint density at radius 3 is 0.750 bits per heavy atom. The van der Waals surface area contributed by atoms with Crippen LogP contribution in [0.15, 0.2) is 255 Å². The molecule has 0 atom stereocenters. The predicted molar refractivity (Wildman–Crippen MR) is 274 cm³/mol. The first-order valence-electron chi connectivity index (χ1n) is 22.0. The second-order valence-electron chi connectivity index (χ2n) is 16.5. The van der Waals surface area contributed by atoms with Crippen LogP contribution in [0.5, 0.6) is 0 Å². The molecular formula is C62H42N2. The molecule has 0 fully saturated rings. The Labute approximate surface area is 373 Å². The largest absolute Gasteiger partial charge is 0.311 e. The lowest BCUT2D eigenvalue weighted by molar-refractivity contribution is 1.28. The van der Waals surface area contributed by atoms with E-state index in [-0.39, 0.29) is 0 Å². The zero-order chi connectivity index (χ0) is 42.4. The summed E-state index contributed by atoms with van der Waals surface area (Å²) in [6, 6.07) is 92.5. The highest BCUT2D eigenvalue weighted by atomic mass is 15.1. The van der Waals surface area contributed by atoms with Gasteiger partial charge in [0.05, 0.1) is 0 Å². The van der Waals surface area contributed by atoms with Crippen molar-refractivity contribution in [2.24, 2.45) is 0 Å². The zero-order valence-corrected chi connectivity index (χ0v) is 35.1. The van der Waals surface area contributed by atoms with E-state index in [9.17, 15) is 0 Å². The first kappa shape index (κ1) is 37.3. The number of fused-ring (bicyclic) bond motifs is 11.